The van der Waals surface area contributed by atoms with E-state index in [1.807, 2.05) is 0 Å². The molecule has 1 amide bonds. The molecule has 4 aromatic rings. The lowest BCUT2D eigenvalue weighted by Gasteiger charge is -2.19. The van der Waals surface area contributed by atoms with Crippen LogP contribution in [0.15, 0.2) is 48.9 Å². The van der Waals surface area contributed by atoms with E-state index in [1.54, 1.807) is 48.3 Å². The molecule has 8 rings (SSSR count). The van der Waals surface area contributed by atoms with Gasteiger partial charge >= 0.3 is 13.8 Å². The molecule has 1 atom stereocenters. The molecule has 0 saturated heterocycles. The molecular formula is C28H30F3N8O5P. The van der Waals surface area contributed by atoms with Gasteiger partial charge in [-0.1, -0.05) is 6.07 Å². The first kappa shape index (κ1) is 31.9. The first-order valence-electron chi connectivity index (χ1n) is 13.8. The number of carbonyl (C=O) groups excluding carboxylic acids is 1. The van der Waals surface area contributed by atoms with Crippen LogP contribution in [0.25, 0.3) is 11.3 Å². The van der Waals surface area contributed by atoms with Crippen molar-refractivity contribution in [2.45, 2.75) is 32.2 Å². The number of aryl methyl sites for hydroxylation is 1. The fourth-order valence-electron chi connectivity index (χ4n) is 4.54. The summed E-state index contributed by atoms with van der Waals surface area (Å²) in [6.07, 6.45) is -0.521. The number of amides is 1. The Labute approximate surface area is 256 Å². The Morgan fingerprint density at radius 3 is 2.69 bits per heavy atom. The number of nitrogens with one attached hydrogen (secondary N) is 3. The number of methoxy groups -OCH3 is 1. The number of rotatable bonds is 4. The van der Waals surface area contributed by atoms with Gasteiger partial charge in [0.25, 0.3) is 5.91 Å². The van der Waals surface area contributed by atoms with Crippen molar-refractivity contribution >= 4 is 36.6 Å². The summed E-state index contributed by atoms with van der Waals surface area (Å²) < 4.78 is 74.1. The van der Waals surface area contributed by atoms with E-state index in [1.165, 1.54) is 20.2 Å². The SMILES string of the molecule is CCO[P@@]1(=O)Cc2ccc(c(OC)c2)Nc2ncc(C(F)(F)F)c(n2)Nc2ccc(nc2C(=O)NC)-c2cnn(c2)CCCO1. The molecule has 1 aromatic carbocycles. The smallest absolute Gasteiger partial charge is 0.421 e. The van der Waals surface area contributed by atoms with Crippen molar-refractivity contribution in [2.24, 2.45) is 0 Å². The van der Waals surface area contributed by atoms with Crippen LogP contribution in [0.5, 0.6) is 5.75 Å². The standard InChI is InChI=1S/C28H30F3N8O5P/c1-4-43-45(41)16-17-6-7-21(23(12-17)42-3)37-27-33-14-19(28(29,30)31)25(38-27)36-22-9-8-20(35-24(22)26(40)32-2)18-13-34-39(15-18)10-5-11-44-45/h6-9,12-15H,4-5,10-11,16H2,1-3H3,(H,32,40)(H2,33,36,37,38)/t45-/m0/s1. The molecule has 8 bridgehead atoms. The molecule has 238 valence electrons. The summed E-state index contributed by atoms with van der Waals surface area (Å²) in [5.74, 6) is -1.16. The van der Waals surface area contributed by atoms with Crippen molar-refractivity contribution in [3.8, 4) is 17.0 Å². The van der Waals surface area contributed by atoms with Crippen LogP contribution in [-0.4, -0.2) is 58.0 Å². The number of hydrogen-bond acceptors (Lipinski definition) is 11. The predicted molar refractivity (Wildman–Crippen MR) is 159 cm³/mol. The fourth-order valence-corrected chi connectivity index (χ4v) is 6.24. The average Bonchev–Trinajstić information content (AvgIpc) is 3.48. The topological polar surface area (TPSA) is 154 Å². The zero-order valence-electron chi connectivity index (χ0n) is 24.5. The van der Waals surface area contributed by atoms with Crippen LogP contribution in [-0.2, 0) is 32.5 Å². The fraction of sp³-hybridized carbons (Fsp3) is 0.321. The maximum Gasteiger partial charge on any atom is 0.421 e. The van der Waals surface area contributed by atoms with Crippen molar-refractivity contribution in [1.29, 1.82) is 0 Å². The summed E-state index contributed by atoms with van der Waals surface area (Å²) in [4.78, 5) is 25.2. The first-order valence-corrected chi connectivity index (χ1v) is 15.5. The van der Waals surface area contributed by atoms with Crippen molar-refractivity contribution in [3.63, 3.8) is 0 Å². The predicted octanol–water partition coefficient (Wildman–Crippen LogP) is 5.76. The molecule has 3 aromatic heterocycles. The lowest BCUT2D eigenvalue weighted by molar-refractivity contribution is -0.137. The van der Waals surface area contributed by atoms with Crippen molar-refractivity contribution in [3.05, 3.63) is 65.7 Å². The van der Waals surface area contributed by atoms with Gasteiger partial charge in [0.2, 0.25) is 5.95 Å². The second-order valence-corrected chi connectivity index (χ2v) is 11.8. The number of anilines is 4. The molecule has 0 aliphatic carbocycles. The number of aromatic nitrogens is 5. The number of pyridine rings is 1. The van der Waals surface area contributed by atoms with Crippen LogP contribution in [0, 0.1) is 0 Å². The molecule has 0 spiro atoms. The van der Waals surface area contributed by atoms with Crippen LogP contribution in [0.4, 0.5) is 36.3 Å². The third kappa shape index (κ3) is 7.41. The number of halogens is 3. The maximum atomic E-state index is 14.0. The Morgan fingerprint density at radius 2 is 1.96 bits per heavy atom. The van der Waals surface area contributed by atoms with E-state index in [4.69, 9.17) is 13.8 Å². The van der Waals surface area contributed by atoms with Gasteiger partial charge in [-0.05, 0) is 43.2 Å². The summed E-state index contributed by atoms with van der Waals surface area (Å²) in [5.41, 5.74) is 0.503. The molecule has 0 fully saturated rings. The molecule has 0 radical (unpaired) electrons. The summed E-state index contributed by atoms with van der Waals surface area (Å²) in [6.45, 7) is 2.43. The molecule has 17 heteroatoms. The quantitative estimate of drug-likeness (QED) is 0.232. The highest BCUT2D eigenvalue weighted by Crippen LogP contribution is 2.52. The van der Waals surface area contributed by atoms with Gasteiger partial charge in [0, 0.05) is 31.5 Å². The number of alkyl halides is 3. The van der Waals surface area contributed by atoms with Gasteiger partial charge in [0.1, 0.15) is 17.1 Å². The maximum absolute atomic E-state index is 14.0. The molecule has 4 aliphatic rings. The highest BCUT2D eigenvalue weighted by Gasteiger charge is 2.36. The van der Waals surface area contributed by atoms with Gasteiger partial charge in [0.15, 0.2) is 5.69 Å². The normalized spacial score (nSPS) is 17.0. The molecule has 0 unspecified atom stereocenters. The van der Waals surface area contributed by atoms with E-state index in [0.29, 0.717) is 41.7 Å². The van der Waals surface area contributed by atoms with Gasteiger partial charge in [-0.2, -0.15) is 23.3 Å². The van der Waals surface area contributed by atoms with Crippen LogP contribution in [0.2, 0.25) is 0 Å². The molecule has 3 N–H and O–H groups in total. The molecule has 7 heterocycles. The third-order valence-electron chi connectivity index (χ3n) is 6.65. The minimum atomic E-state index is -4.82. The van der Waals surface area contributed by atoms with Gasteiger partial charge in [-0.3, -0.25) is 14.0 Å². The summed E-state index contributed by atoms with van der Waals surface area (Å²) in [5, 5.41) is 12.3. The van der Waals surface area contributed by atoms with E-state index in [-0.39, 0.29) is 42.5 Å². The van der Waals surface area contributed by atoms with Gasteiger partial charge < -0.3 is 29.7 Å². The van der Waals surface area contributed by atoms with E-state index >= 15 is 0 Å². The van der Waals surface area contributed by atoms with Gasteiger partial charge in [0.05, 0.1) is 49.8 Å². The highest BCUT2D eigenvalue weighted by atomic mass is 31.2. The van der Waals surface area contributed by atoms with E-state index < -0.39 is 31.1 Å². The second kappa shape index (κ2) is 13.2. The van der Waals surface area contributed by atoms with Gasteiger partial charge in [-0.25, -0.2) is 9.97 Å². The number of benzene rings is 1. The minimum absolute atomic E-state index is 0.0133. The first-order chi connectivity index (χ1) is 21.5. The van der Waals surface area contributed by atoms with Gasteiger partial charge in [-0.15, -0.1) is 0 Å². The van der Waals surface area contributed by atoms with Crippen LogP contribution >= 0.6 is 7.60 Å². The Bertz CT molecular complexity index is 1750. The van der Waals surface area contributed by atoms with Crippen LogP contribution in [0.3, 0.4) is 0 Å². The van der Waals surface area contributed by atoms with E-state index in [0.717, 1.165) is 0 Å². The number of nitrogens with zero attached hydrogens (tertiary/aromatic N) is 5. The Hall–Kier alpha value is -4.53. The van der Waals surface area contributed by atoms with Crippen LogP contribution in [0.1, 0.15) is 35.0 Å². The molecule has 45 heavy (non-hydrogen) atoms. The molecule has 0 saturated carbocycles. The number of carbonyl (C=O) groups is 1. The van der Waals surface area contributed by atoms with Crippen molar-refractivity contribution in [2.75, 3.05) is 38.0 Å². The second-order valence-electron chi connectivity index (χ2n) is 9.78. The highest BCUT2D eigenvalue weighted by molar-refractivity contribution is 7.53. The average molecular weight is 647 g/mol. The summed E-state index contributed by atoms with van der Waals surface area (Å²) >= 11 is 0. The third-order valence-corrected chi connectivity index (χ3v) is 8.63. The zero-order valence-corrected chi connectivity index (χ0v) is 25.4. The molecule has 4 aliphatic heterocycles. The number of hydrogen-bond donors (Lipinski definition) is 3. The van der Waals surface area contributed by atoms with E-state index in [9.17, 15) is 22.5 Å². The Balaban J connectivity index is 1.62. The zero-order chi connectivity index (χ0) is 32.2. The lowest BCUT2D eigenvalue weighted by Crippen LogP contribution is -2.21. The minimum Gasteiger partial charge on any atom is -0.495 e. The largest absolute Gasteiger partial charge is 0.495 e. The molecular weight excluding hydrogens is 616 g/mol. The number of ether oxygens (including phenoxy) is 1. The van der Waals surface area contributed by atoms with Crippen LogP contribution < -0.4 is 20.7 Å². The van der Waals surface area contributed by atoms with E-state index in [2.05, 4.69) is 36.0 Å². The van der Waals surface area contributed by atoms with Crippen molar-refractivity contribution in [1.82, 2.24) is 30.0 Å². The molecule has 13 nitrogen and oxygen atoms in total. The Kier molecular flexibility index (Phi) is 9.37. The Morgan fingerprint density at radius 1 is 1.16 bits per heavy atom. The summed E-state index contributed by atoms with van der Waals surface area (Å²) in [6, 6.07) is 7.84. The lowest BCUT2D eigenvalue weighted by atomic mass is 10.1. The summed E-state index contributed by atoms with van der Waals surface area (Å²) in [7, 11) is -0.761. The monoisotopic (exact) mass is 646 g/mol. The van der Waals surface area contributed by atoms with Crippen molar-refractivity contribution < 1.29 is 36.3 Å².